The lowest BCUT2D eigenvalue weighted by Crippen LogP contribution is -2.01. The predicted octanol–water partition coefficient (Wildman–Crippen LogP) is 6.22. The van der Waals surface area contributed by atoms with Gasteiger partial charge >= 0.3 is 0 Å². The number of rotatable bonds is 4. The van der Waals surface area contributed by atoms with Crippen LogP contribution in [0.25, 0.3) is 11.3 Å². The van der Waals surface area contributed by atoms with Gasteiger partial charge < -0.3 is 0 Å². The van der Waals surface area contributed by atoms with Gasteiger partial charge in [-0.1, -0.05) is 39.1 Å². The van der Waals surface area contributed by atoms with E-state index in [2.05, 4.69) is 37.5 Å². The maximum atomic E-state index is 9.37. The lowest BCUT2D eigenvalue weighted by Gasteiger charge is -2.01. The largest absolute Gasteiger partial charge is 0.277 e. The fourth-order valence-electron chi connectivity index (χ4n) is 1.97. The van der Waals surface area contributed by atoms with Crippen molar-refractivity contribution < 1.29 is 0 Å². The number of aromatic nitrogens is 1. The summed E-state index contributed by atoms with van der Waals surface area (Å²) < 4.78 is 0.965. The number of halogens is 3. The van der Waals surface area contributed by atoms with Crippen molar-refractivity contribution in [1.29, 1.82) is 5.26 Å². The molecule has 0 saturated carbocycles. The molecular weight excluding hydrogens is 443 g/mol. The molecule has 0 saturated heterocycles. The van der Waals surface area contributed by atoms with E-state index >= 15 is 0 Å². The number of hydrogen-bond acceptors (Lipinski definition) is 5. The number of hydrogen-bond donors (Lipinski definition) is 1. The Balaban J connectivity index is 1.85. The highest BCUT2D eigenvalue weighted by Gasteiger charge is 2.12. The Bertz CT molecular complexity index is 977. The van der Waals surface area contributed by atoms with Gasteiger partial charge in [-0.25, -0.2) is 4.98 Å². The fraction of sp³-hybridized carbons (Fsp3) is 0. The highest BCUT2D eigenvalue weighted by atomic mass is 79.9. The van der Waals surface area contributed by atoms with E-state index < -0.39 is 0 Å². The number of nitrogens with one attached hydrogen (secondary N) is 1. The molecule has 0 aliphatic heterocycles. The van der Waals surface area contributed by atoms with Crippen LogP contribution < -0.4 is 5.43 Å². The van der Waals surface area contributed by atoms with Gasteiger partial charge in [0.25, 0.3) is 0 Å². The third-order valence-electron chi connectivity index (χ3n) is 3.16. The van der Waals surface area contributed by atoms with Crippen molar-refractivity contribution in [3.05, 3.63) is 67.4 Å². The predicted molar refractivity (Wildman–Crippen MR) is 107 cm³/mol. The van der Waals surface area contributed by atoms with E-state index in [9.17, 15) is 5.26 Å². The van der Waals surface area contributed by atoms with Gasteiger partial charge in [-0.05, 0) is 42.5 Å². The highest BCUT2D eigenvalue weighted by molar-refractivity contribution is 9.10. The summed E-state index contributed by atoms with van der Waals surface area (Å²) in [4.78, 5) is 4.46. The van der Waals surface area contributed by atoms with Crippen LogP contribution in [0.15, 0.2) is 57.4 Å². The molecule has 1 heterocycles. The molecule has 0 unspecified atom stereocenters. The number of anilines is 1. The second kappa shape index (κ2) is 7.98. The van der Waals surface area contributed by atoms with Gasteiger partial charge in [0.2, 0.25) is 0 Å². The van der Waals surface area contributed by atoms with Gasteiger partial charge in [-0.15, -0.1) is 11.3 Å². The number of thiazole rings is 1. The minimum Gasteiger partial charge on any atom is -0.277 e. The van der Waals surface area contributed by atoms with E-state index in [-0.39, 0.29) is 5.71 Å². The zero-order valence-electron chi connectivity index (χ0n) is 12.5. The molecule has 0 bridgehead atoms. The van der Waals surface area contributed by atoms with Gasteiger partial charge in [0.1, 0.15) is 6.07 Å². The van der Waals surface area contributed by atoms with Crippen LogP contribution in [-0.2, 0) is 0 Å². The summed E-state index contributed by atoms with van der Waals surface area (Å²) >= 11 is 16.8. The lowest BCUT2D eigenvalue weighted by atomic mass is 10.2. The summed E-state index contributed by atoms with van der Waals surface area (Å²) in [5.41, 5.74) is 5.26. The van der Waals surface area contributed by atoms with E-state index in [1.807, 2.05) is 29.6 Å². The zero-order chi connectivity index (χ0) is 17.8. The SMILES string of the molecule is N#C/C(=N\Nc1ccc(Br)cc1)c1nc(-c2ccc(Cl)cc2Cl)cs1. The van der Waals surface area contributed by atoms with Crippen molar-refractivity contribution >= 4 is 61.9 Å². The normalized spacial score (nSPS) is 11.2. The summed E-state index contributed by atoms with van der Waals surface area (Å²) in [6.45, 7) is 0. The van der Waals surface area contributed by atoms with Crippen molar-refractivity contribution in [1.82, 2.24) is 4.98 Å². The molecule has 2 aromatic carbocycles. The second-order valence-corrected chi connectivity index (χ2v) is 7.47. The Morgan fingerprint density at radius 1 is 1.20 bits per heavy atom. The maximum absolute atomic E-state index is 9.37. The van der Waals surface area contributed by atoms with Crippen LogP contribution in [0.2, 0.25) is 10.0 Å². The minimum absolute atomic E-state index is 0.198. The Kier molecular flexibility index (Phi) is 5.71. The van der Waals surface area contributed by atoms with Crippen LogP contribution in [0, 0.1) is 11.3 Å². The molecule has 1 N–H and O–H groups in total. The molecule has 25 heavy (non-hydrogen) atoms. The van der Waals surface area contributed by atoms with Crippen molar-refractivity contribution in [2.24, 2.45) is 5.10 Å². The molecular formula is C17H9BrCl2N4S. The Morgan fingerprint density at radius 3 is 2.64 bits per heavy atom. The molecule has 4 nitrogen and oxygen atoms in total. The molecule has 0 radical (unpaired) electrons. The molecule has 0 amide bonds. The molecule has 0 aliphatic rings. The third kappa shape index (κ3) is 4.39. The first kappa shape index (κ1) is 17.9. The molecule has 0 atom stereocenters. The van der Waals surface area contributed by atoms with E-state index in [1.54, 1.807) is 18.2 Å². The first-order valence-corrected chi connectivity index (χ1v) is 9.40. The average molecular weight is 452 g/mol. The Labute approximate surface area is 166 Å². The van der Waals surface area contributed by atoms with Crippen LogP contribution in [0.3, 0.4) is 0 Å². The summed E-state index contributed by atoms with van der Waals surface area (Å²) in [7, 11) is 0. The summed E-state index contributed by atoms with van der Waals surface area (Å²) in [5, 5.41) is 16.9. The van der Waals surface area contributed by atoms with Crippen molar-refractivity contribution in [2.45, 2.75) is 0 Å². The monoisotopic (exact) mass is 450 g/mol. The Morgan fingerprint density at radius 2 is 1.96 bits per heavy atom. The van der Waals surface area contributed by atoms with Crippen molar-refractivity contribution in [2.75, 3.05) is 5.43 Å². The number of hydrazone groups is 1. The van der Waals surface area contributed by atoms with Gasteiger partial charge in [0.15, 0.2) is 10.7 Å². The van der Waals surface area contributed by atoms with Gasteiger partial charge in [0.05, 0.1) is 16.4 Å². The van der Waals surface area contributed by atoms with E-state index in [0.717, 1.165) is 15.7 Å². The molecule has 124 valence electrons. The Hall–Kier alpha value is -1.91. The second-order valence-electron chi connectivity index (χ2n) is 4.85. The van der Waals surface area contributed by atoms with Crippen LogP contribution in [0.1, 0.15) is 5.01 Å². The average Bonchev–Trinajstić information content (AvgIpc) is 3.06. The van der Waals surface area contributed by atoms with Gasteiger partial charge in [0, 0.05) is 20.4 Å². The highest BCUT2D eigenvalue weighted by Crippen LogP contribution is 2.31. The number of nitrogens with zero attached hydrogens (tertiary/aromatic N) is 3. The first-order valence-electron chi connectivity index (χ1n) is 6.97. The van der Waals surface area contributed by atoms with Crippen molar-refractivity contribution in [3.8, 4) is 17.3 Å². The summed E-state index contributed by atoms with van der Waals surface area (Å²) in [6.07, 6.45) is 0. The molecule has 0 fully saturated rings. The minimum atomic E-state index is 0.198. The van der Waals surface area contributed by atoms with Crippen LogP contribution in [-0.4, -0.2) is 10.7 Å². The molecule has 0 aliphatic carbocycles. The summed E-state index contributed by atoms with van der Waals surface area (Å²) in [5.74, 6) is 0. The number of nitriles is 1. The topological polar surface area (TPSA) is 61.1 Å². The summed E-state index contributed by atoms with van der Waals surface area (Å²) in [6, 6.07) is 14.7. The van der Waals surface area contributed by atoms with Crippen LogP contribution in [0.4, 0.5) is 5.69 Å². The fourth-order valence-corrected chi connectivity index (χ4v) is 3.50. The lowest BCUT2D eigenvalue weighted by molar-refractivity contribution is 1.31. The van der Waals surface area contributed by atoms with Gasteiger partial charge in [-0.2, -0.15) is 10.4 Å². The smallest absolute Gasteiger partial charge is 0.196 e. The molecule has 3 rings (SSSR count). The molecule has 3 aromatic rings. The van der Waals surface area contributed by atoms with Crippen LogP contribution >= 0.6 is 50.5 Å². The van der Waals surface area contributed by atoms with Crippen LogP contribution in [0.5, 0.6) is 0 Å². The zero-order valence-corrected chi connectivity index (χ0v) is 16.4. The molecule has 0 spiro atoms. The maximum Gasteiger partial charge on any atom is 0.196 e. The quantitative estimate of drug-likeness (QED) is 0.378. The number of benzene rings is 2. The van der Waals surface area contributed by atoms with Gasteiger partial charge in [-0.3, -0.25) is 5.43 Å². The first-order chi connectivity index (χ1) is 12.1. The van der Waals surface area contributed by atoms with E-state index in [4.69, 9.17) is 23.2 Å². The standard InChI is InChI=1S/C17H9BrCl2N4S/c18-10-1-4-12(5-2-10)23-24-15(8-21)17-22-16(9-25-17)13-6-3-11(19)7-14(13)20/h1-7,9,23H/b24-15+. The molecule has 1 aromatic heterocycles. The van der Waals surface area contributed by atoms with Crippen molar-refractivity contribution in [3.63, 3.8) is 0 Å². The third-order valence-corrected chi connectivity index (χ3v) is 5.09. The van der Waals surface area contributed by atoms with E-state index in [0.29, 0.717) is 20.7 Å². The van der Waals surface area contributed by atoms with E-state index in [1.165, 1.54) is 11.3 Å². The molecule has 8 heteroatoms.